The largest absolute Gasteiger partial charge is 0.497 e. The van der Waals surface area contributed by atoms with Crippen LogP contribution < -0.4 is 10.1 Å². The Labute approximate surface area is 232 Å². The van der Waals surface area contributed by atoms with Crippen LogP contribution in [0.25, 0.3) is 0 Å². The van der Waals surface area contributed by atoms with E-state index in [0.717, 1.165) is 11.3 Å². The summed E-state index contributed by atoms with van der Waals surface area (Å²) in [5.74, 6) is -5.76. The smallest absolute Gasteiger partial charge is 0.335 e. The summed E-state index contributed by atoms with van der Waals surface area (Å²) in [4.78, 5) is 76.7. The van der Waals surface area contributed by atoms with E-state index in [2.05, 4.69) is 5.32 Å². The Morgan fingerprint density at radius 3 is 1.85 bits per heavy atom. The lowest BCUT2D eigenvalue weighted by molar-refractivity contribution is -0.170. The monoisotopic (exact) mass is 563 g/mol. The second kappa shape index (κ2) is 14.4. The molecule has 220 valence electrons. The van der Waals surface area contributed by atoms with Gasteiger partial charge in [-0.3, -0.25) is 14.4 Å². The summed E-state index contributed by atoms with van der Waals surface area (Å²) in [5, 5.41) is 32.0. The van der Waals surface area contributed by atoms with Gasteiger partial charge in [0.25, 0.3) is 0 Å². The van der Waals surface area contributed by atoms with Gasteiger partial charge in [0.1, 0.15) is 23.2 Å². The minimum absolute atomic E-state index is 0.103. The lowest BCUT2D eigenvalue weighted by atomic mass is 9.77. The minimum atomic E-state index is -1.87. The Morgan fingerprint density at radius 1 is 0.875 bits per heavy atom. The van der Waals surface area contributed by atoms with Crippen LogP contribution in [0.1, 0.15) is 64.4 Å². The van der Waals surface area contributed by atoms with E-state index < -0.39 is 66.1 Å². The topological polar surface area (TPSA) is 191 Å². The highest BCUT2D eigenvalue weighted by atomic mass is 16.5. The van der Waals surface area contributed by atoms with E-state index in [-0.39, 0.29) is 19.3 Å². The predicted octanol–water partition coefficient (Wildman–Crippen LogP) is 2.32. The van der Waals surface area contributed by atoms with Gasteiger partial charge in [-0.05, 0) is 62.8 Å². The molecule has 1 aliphatic heterocycles. The molecule has 13 heteroatoms. The Bertz CT molecular complexity index is 1100. The van der Waals surface area contributed by atoms with Gasteiger partial charge in [0, 0.05) is 13.0 Å². The summed E-state index contributed by atoms with van der Waals surface area (Å²) in [6.45, 7) is 4.12. The van der Waals surface area contributed by atoms with Gasteiger partial charge in [0.2, 0.25) is 11.8 Å². The quantitative estimate of drug-likeness (QED) is 0.161. The van der Waals surface area contributed by atoms with Crippen molar-refractivity contribution < 1.29 is 48.8 Å². The zero-order chi connectivity index (χ0) is 30.0. The van der Waals surface area contributed by atoms with Crippen molar-refractivity contribution in [3.63, 3.8) is 0 Å². The molecule has 2 unspecified atom stereocenters. The van der Waals surface area contributed by atoms with Crippen molar-refractivity contribution >= 4 is 35.8 Å². The molecule has 1 saturated heterocycles. The Kier molecular flexibility index (Phi) is 11.6. The number of barbiturate groups is 1. The summed E-state index contributed by atoms with van der Waals surface area (Å²) in [7, 11) is 1.58. The van der Waals surface area contributed by atoms with E-state index in [1.54, 1.807) is 7.11 Å². The number of ether oxygens (including phenoxy) is 1. The number of hydrogen-bond donors (Lipinski definition) is 4. The van der Waals surface area contributed by atoms with Crippen molar-refractivity contribution in [1.29, 1.82) is 0 Å². The van der Waals surface area contributed by atoms with Crippen molar-refractivity contribution in [1.82, 2.24) is 15.1 Å². The molecule has 0 bridgehead atoms. The molecule has 0 aliphatic carbocycles. The standard InChI is InChI=1S/C27H37N3O10/c1-4-27(5-2)24(37)29(26(39)30(25(27)38)20(23(35)36)13-14-21(31)32)19(22(33)34)8-6-7-15-28-16-17-9-11-18(40-3)12-10-17/h9-12,19-20,28H,4-8,13-16H2,1-3H3,(H,31,32)(H,33,34)(H,35,36). The van der Waals surface area contributed by atoms with Crippen molar-refractivity contribution in [2.45, 2.75) is 77.4 Å². The first-order valence-electron chi connectivity index (χ1n) is 13.2. The number of methoxy groups -OCH3 is 1. The average Bonchev–Trinajstić information content (AvgIpc) is 2.91. The number of unbranched alkanes of at least 4 members (excludes halogenated alkanes) is 1. The van der Waals surface area contributed by atoms with Crippen LogP contribution in [0.5, 0.6) is 5.75 Å². The van der Waals surface area contributed by atoms with Gasteiger partial charge < -0.3 is 25.4 Å². The molecule has 1 aliphatic rings. The van der Waals surface area contributed by atoms with Crippen LogP contribution in [0.3, 0.4) is 0 Å². The Morgan fingerprint density at radius 2 is 1.40 bits per heavy atom. The molecule has 13 nitrogen and oxygen atoms in total. The molecule has 0 saturated carbocycles. The average molecular weight is 564 g/mol. The number of carbonyl (C=O) groups is 6. The second-order valence-electron chi connectivity index (χ2n) is 9.58. The van der Waals surface area contributed by atoms with E-state index in [1.807, 2.05) is 24.3 Å². The zero-order valence-electron chi connectivity index (χ0n) is 22.9. The second-order valence-corrected chi connectivity index (χ2v) is 9.58. The molecule has 40 heavy (non-hydrogen) atoms. The number of hydrogen-bond acceptors (Lipinski definition) is 8. The van der Waals surface area contributed by atoms with Gasteiger partial charge >= 0.3 is 23.9 Å². The number of benzene rings is 1. The highest BCUT2D eigenvalue weighted by Gasteiger charge is 2.59. The van der Waals surface area contributed by atoms with Gasteiger partial charge in [0.05, 0.1) is 7.11 Å². The fourth-order valence-electron chi connectivity index (χ4n) is 4.80. The molecule has 1 fully saturated rings. The van der Waals surface area contributed by atoms with Crippen LogP contribution in [-0.4, -0.2) is 86.6 Å². The fourth-order valence-corrected chi connectivity index (χ4v) is 4.80. The lowest BCUT2D eigenvalue weighted by Gasteiger charge is -2.46. The summed E-state index contributed by atoms with van der Waals surface area (Å²) in [6.07, 6.45) is -0.741. The molecule has 0 spiro atoms. The molecule has 4 N–H and O–H groups in total. The van der Waals surface area contributed by atoms with Gasteiger partial charge in [-0.2, -0.15) is 0 Å². The Balaban J connectivity index is 2.21. The van der Waals surface area contributed by atoms with Crippen LogP contribution in [0.15, 0.2) is 24.3 Å². The van der Waals surface area contributed by atoms with E-state index >= 15 is 0 Å². The molecule has 4 amide bonds. The van der Waals surface area contributed by atoms with Crippen molar-refractivity contribution in [2.75, 3.05) is 13.7 Å². The number of urea groups is 1. The van der Waals surface area contributed by atoms with E-state index in [0.29, 0.717) is 35.7 Å². The summed E-state index contributed by atoms with van der Waals surface area (Å²) < 4.78 is 5.12. The number of carboxylic acids is 3. The molecule has 1 aromatic rings. The molecule has 0 radical (unpaired) electrons. The number of rotatable bonds is 17. The highest BCUT2D eigenvalue weighted by Crippen LogP contribution is 2.39. The molecule has 1 heterocycles. The van der Waals surface area contributed by atoms with Crippen LogP contribution in [0, 0.1) is 5.41 Å². The first-order chi connectivity index (χ1) is 18.9. The Hall–Kier alpha value is -4.00. The molecule has 2 atom stereocenters. The third kappa shape index (κ3) is 7.14. The molecule has 0 aromatic heterocycles. The van der Waals surface area contributed by atoms with Gasteiger partial charge in [-0.25, -0.2) is 24.2 Å². The maximum Gasteiger partial charge on any atom is 0.335 e. The van der Waals surface area contributed by atoms with E-state index in [4.69, 9.17) is 9.84 Å². The highest BCUT2D eigenvalue weighted by molar-refractivity contribution is 6.21. The summed E-state index contributed by atoms with van der Waals surface area (Å²) >= 11 is 0. The summed E-state index contributed by atoms with van der Waals surface area (Å²) in [6, 6.07) is 2.60. The molecular weight excluding hydrogens is 526 g/mol. The predicted molar refractivity (Wildman–Crippen MR) is 140 cm³/mol. The minimum Gasteiger partial charge on any atom is -0.497 e. The van der Waals surface area contributed by atoms with E-state index in [1.165, 1.54) is 13.8 Å². The molecule has 1 aromatic carbocycles. The van der Waals surface area contributed by atoms with Crippen molar-refractivity contribution in [3.05, 3.63) is 29.8 Å². The molecule has 2 rings (SSSR count). The third-order valence-corrected chi connectivity index (χ3v) is 7.27. The van der Waals surface area contributed by atoms with Gasteiger partial charge in [-0.15, -0.1) is 0 Å². The zero-order valence-corrected chi connectivity index (χ0v) is 22.9. The number of nitrogens with zero attached hydrogens (tertiary/aromatic N) is 2. The van der Waals surface area contributed by atoms with Crippen molar-refractivity contribution in [3.8, 4) is 5.75 Å². The van der Waals surface area contributed by atoms with Crippen LogP contribution in [0.4, 0.5) is 4.79 Å². The van der Waals surface area contributed by atoms with Crippen LogP contribution in [0.2, 0.25) is 0 Å². The summed E-state index contributed by atoms with van der Waals surface area (Å²) in [5.41, 5.74) is -0.830. The third-order valence-electron chi connectivity index (χ3n) is 7.27. The lowest BCUT2D eigenvalue weighted by Crippen LogP contribution is -2.70. The van der Waals surface area contributed by atoms with E-state index in [9.17, 15) is 39.0 Å². The number of carboxylic acid groups (broad SMARTS) is 3. The van der Waals surface area contributed by atoms with Crippen molar-refractivity contribution in [2.24, 2.45) is 5.41 Å². The number of amides is 4. The first-order valence-corrected chi connectivity index (χ1v) is 13.2. The van der Waals surface area contributed by atoms with Crippen LogP contribution in [-0.2, 0) is 30.5 Å². The number of imide groups is 2. The molecular formula is C27H37N3O10. The maximum atomic E-state index is 13.5. The number of aliphatic carboxylic acids is 3. The SMILES string of the molecule is CCC1(CC)C(=O)N(C(CCCCNCc2ccc(OC)cc2)C(=O)O)C(=O)N(C(CCC(=O)O)C(=O)O)C1=O. The normalized spacial score (nSPS) is 16.5. The van der Waals surface area contributed by atoms with Crippen LogP contribution >= 0.6 is 0 Å². The number of nitrogens with one attached hydrogen (secondary N) is 1. The first kappa shape index (κ1) is 32.2. The number of carbonyl (C=O) groups excluding carboxylic acids is 3. The fraction of sp³-hybridized carbons (Fsp3) is 0.556. The van der Waals surface area contributed by atoms with Gasteiger partial charge in [0.15, 0.2) is 0 Å². The maximum absolute atomic E-state index is 13.5. The van der Waals surface area contributed by atoms with Gasteiger partial charge in [-0.1, -0.05) is 26.0 Å².